The van der Waals surface area contributed by atoms with Gasteiger partial charge in [-0.15, -0.1) is 0 Å². The highest BCUT2D eigenvalue weighted by Crippen LogP contribution is 2.52. The number of hydrogen-bond donors (Lipinski definition) is 3. The highest BCUT2D eigenvalue weighted by atomic mass is 31.2. The summed E-state index contributed by atoms with van der Waals surface area (Å²) in [5.74, 6) is -3.97. The molecule has 0 spiro atoms. The number of amides is 1. The van der Waals surface area contributed by atoms with E-state index < -0.39 is 49.6 Å². The van der Waals surface area contributed by atoms with Crippen LogP contribution >= 0.6 is 7.60 Å². The van der Waals surface area contributed by atoms with Crippen LogP contribution in [0.3, 0.4) is 0 Å². The van der Waals surface area contributed by atoms with Gasteiger partial charge in [-0.3, -0.25) is 13.9 Å². The molecule has 12 nitrogen and oxygen atoms in total. The molecule has 1 fully saturated rings. The van der Waals surface area contributed by atoms with Gasteiger partial charge in [-0.05, 0) is 63.5 Å². The zero-order valence-electron chi connectivity index (χ0n) is 23.9. The van der Waals surface area contributed by atoms with Crippen molar-refractivity contribution in [3.8, 4) is 0 Å². The molecule has 2 rings (SSSR count). The van der Waals surface area contributed by atoms with E-state index in [1.54, 1.807) is 6.92 Å². The summed E-state index contributed by atoms with van der Waals surface area (Å²) in [6.07, 6.45) is 1.49. The molecule has 1 aromatic carbocycles. The van der Waals surface area contributed by atoms with Gasteiger partial charge in [0.05, 0.1) is 0 Å². The first-order valence-electron chi connectivity index (χ1n) is 14.3. The lowest BCUT2D eigenvalue weighted by molar-refractivity contribution is -0.166. The van der Waals surface area contributed by atoms with E-state index in [4.69, 9.17) is 18.7 Å². The maximum atomic E-state index is 13.3. The fourth-order valence-corrected chi connectivity index (χ4v) is 5.54. The van der Waals surface area contributed by atoms with Gasteiger partial charge in [0.2, 0.25) is 5.85 Å². The fourth-order valence-electron chi connectivity index (χ4n) is 4.09. The van der Waals surface area contributed by atoms with Gasteiger partial charge in [-0.1, -0.05) is 50.6 Å². The van der Waals surface area contributed by atoms with Crippen LogP contribution < -0.4 is 10.6 Å². The number of unbranched alkanes of at least 4 members (excludes halogenated alkanes) is 2. The van der Waals surface area contributed by atoms with Crippen molar-refractivity contribution in [2.24, 2.45) is 0 Å². The van der Waals surface area contributed by atoms with E-state index in [2.05, 4.69) is 10.6 Å². The van der Waals surface area contributed by atoms with Crippen LogP contribution in [0.25, 0.3) is 0 Å². The highest BCUT2D eigenvalue weighted by molar-refractivity contribution is 7.53. The van der Waals surface area contributed by atoms with Gasteiger partial charge >= 0.3 is 31.6 Å². The molecule has 4 atom stereocenters. The second-order valence-corrected chi connectivity index (χ2v) is 11.8. The van der Waals surface area contributed by atoms with Gasteiger partial charge in [-0.2, -0.15) is 0 Å². The second kappa shape index (κ2) is 18.6. The molecule has 0 bridgehead atoms. The molecule has 3 unspecified atom stereocenters. The van der Waals surface area contributed by atoms with Crippen LogP contribution in [-0.2, 0) is 44.3 Å². The van der Waals surface area contributed by atoms with E-state index in [-0.39, 0.29) is 38.8 Å². The molecule has 1 aliphatic rings. The smallest absolute Gasteiger partial charge is 0.407 e. The lowest BCUT2D eigenvalue weighted by atomic mass is 10.1. The lowest BCUT2D eigenvalue weighted by Gasteiger charge is -2.26. The predicted octanol–water partition coefficient (Wildman–Crippen LogP) is 4.34. The molecule has 0 radical (unpaired) electrons. The van der Waals surface area contributed by atoms with Crippen molar-refractivity contribution < 1.29 is 47.4 Å². The molecule has 0 saturated carbocycles. The molecule has 3 N–H and O–H groups in total. The molecule has 1 aliphatic heterocycles. The first-order valence-corrected chi connectivity index (χ1v) is 15.9. The Morgan fingerprint density at radius 2 is 1.83 bits per heavy atom. The quantitative estimate of drug-likeness (QED) is 0.0723. The van der Waals surface area contributed by atoms with E-state index in [0.717, 1.165) is 12.0 Å². The standard InChI is InChI=1S/C28H43N2O10P/c1-3-5-17-25(38-24(31)12-4-2)41(35,36)40-23(27(33)39-26(32)22-15-11-19-29-22)16-9-10-18-30-28(34)37-20-21-13-7-6-8-14-21/h6-8,13-14,22-23,25,29H,3-5,9-12,15-20H2,1-2H3,(H,30,34)(H,35,36)/t22-,23?,25?/m0/s1. The Kier molecular flexibility index (Phi) is 15.6. The summed E-state index contributed by atoms with van der Waals surface area (Å²) >= 11 is 0. The minimum Gasteiger partial charge on any atom is -0.449 e. The summed E-state index contributed by atoms with van der Waals surface area (Å²) in [7, 11) is -4.66. The molecule has 230 valence electrons. The van der Waals surface area contributed by atoms with Crippen molar-refractivity contribution in [2.45, 2.75) is 103 Å². The molecule has 0 aromatic heterocycles. The summed E-state index contributed by atoms with van der Waals surface area (Å²) in [5.41, 5.74) is 0.842. The summed E-state index contributed by atoms with van der Waals surface area (Å²) in [6, 6.07) is 8.56. The lowest BCUT2D eigenvalue weighted by Crippen LogP contribution is -2.37. The normalized spacial score (nSPS) is 17.6. The Morgan fingerprint density at radius 3 is 2.49 bits per heavy atom. The average Bonchev–Trinajstić information content (AvgIpc) is 3.49. The maximum absolute atomic E-state index is 13.3. The van der Waals surface area contributed by atoms with Crippen molar-refractivity contribution in [3.63, 3.8) is 0 Å². The van der Waals surface area contributed by atoms with Crippen molar-refractivity contribution in [1.82, 2.24) is 10.6 Å². The Morgan fingerprint density at radius 1 is 1.07 bits per heavy atom. The Labute approximate surface area is 241 Å². The van der Waals surface area contributed by atoms with Crippen LogP contribution in [0.5, 0.6) is 0 Å². The van der Waals surface area contributed by atoms with Crippen LogP contribution in [0.2, 0.25) is 0 Å². The zero-order valence-corrected chi connectivity index (χ0v) is 24.8. The molecule has 41 heavy (non-hydrogen) atoms. The number of alkyl carbamates (subject to hydrolysis) is 1. The molecule has 13 heteroatoms. The summed E-state index contributed by atoms with van der Waals surface area (Å²) in [4.78, 5) is 60.2. The van der Waals surface area contributed by atoms with Crippen molar-refractivity contribution in [2.75, 3.05) is 13.1 Å². The molecule has 1 saturated heterocycles. The van der Waals surface area contributed by atoms with Gasteiger partial charge < -0.3 is 29.7 Å². The number of nitrogens with one attached hydrogen (secondary N) is 2. The van der Waals surface area contributed by atoms with Gasteiger partial charge in [0.15, 0.2) is 6.10 Å². The minimum absolute atomic E-state index is 0.0672. The number of carbonyl (C=O) groups is 4. The van der Waals surface area contributed by atoms with Crippen molar-refractivity contribution in [1.29, 1.82) is 0 Å². The monoisotopic (exact) mass is 598 g/mol. The Hall–Kier alpha value is -2.79. The third-order valence-electron chi connectivity index (χ3n) is 6.35. The van der Waals surface area contributed by atoms with Crippen LogP contribution in [0.4, 0.5) is 4.79 Å². The third-order valence-corrected chi connectivity index (χ3v) is 8.00. The van der Waals surface area contributed by atoms with E-state index in [1.807, 2.05) is 37.3 Å². The maximum Gasteiger partial charge on any atom is 0.407 e. The first-order chi connectivity index (χ1) is 19.7. The van der Waals surface area contributed by atoms with E-state index in [1.165, 1.54) is 0 Å². The molecule has 1 heterocycles. The topological polar surface area (TPSA) is 167 Å². The summed E-state index contributed by atoms with van der Waals surface area (Å²) in [6.45, 7) is 4.60. The largest absolute Gasteiger partial charge is 0.449 e. The van der Waals surface area contributed by atoms with Crippen LogP contribution in [0.15, 0.2) is 30.3 Å². The van der Waals surface area contributed by atoms with Gasteiger partial charge in [0.1, 0.15) is 12.6 Å². The first kappa shape index (κ1) is 34.4. The summed E-state index contributed by atoms with van der Waals surface area (Å²) in [5, 5.41) is 5.54. The van der Waals surface area contributed by atoms with E-state index >= 15 is 0 Å². The predicted molar refractivity (Wildman–Crippen MR) is 150 cm³/mol. The van der Waals surface area contributed by atoms with Crippen molar-refractivity contribution >= 4 is 31.6 Å². The van der Waals surface area contributed by atoms with Gasteiger partial charge in [0, 0.05) is 13.0 Å². The second-order valence-electron chi connectivity index (χ2n) is 9.87. The summed E-state index contributed by atoms with van der Waals surface area (Å²) < 4.78 is 34.1. The van der Waals surface area contributed by atoms with Crippen LogP contribution in [0.1, 0.15) is 83.6 Å². The Bertz CT molecular complexity index is 1020. The number of rotatable bonds is 18. The highest BCUT2D eigenvalue weighted by Gasteiger charge is 2.41. The Balaban J connectivity index is 1.97. The van der Waals surface area contributed by atoms with Crippen LogP contribution in [0, 0.1) is 0 Å². The van der Waals surface area contributed by atoms with Gasteiger partial charge in [-0.25, -0.2) is 14.4 Å². The zero-order chi connectivity index (χ0) is 30.1. The number of hydrogen-bond acceptors (Lipinski definition) is 10. The average molecular weight is 599 g/mol. The van der Waals surface area contributed by atoms with Crippen LogP contribution in [-0.4, -0.2) is 60.0 Å². The van der Waals surface area contributed by atoms with Crippen molar-refractivity contribution in [3.05, 3.63) is 35.9 Å². The number of benzene rings is 1. The van der Waals surface area contributed by atoms with Gasteiger partial charge in [0.25, 0.3) is 0 Å². The molecular formula is C28H43N2O10P. The molecule has 1 amide bonds. The number of esters is 3. The molecule has 0 aliphatic carbocycles. The minimum atomic E-state index is -4.66. The molecular weight excluding hydrogens is 555 g/mol. The fraction of sp³-hybridized carbons (Fsp3) is 0.643. The third kappa shape index (κ3) is 13.2. The van der Waals surface area contributed by atoms with E-state index in [9.17, 15) is 28.6 Å². The van der Waals surface area contributed by atoms with E-state index in [0.29, 0.717) is 38.6 Å². The number of carbonyl (C=O) groups excluding carboxylic acids is 4. The SMILES string of the molecule is CCCCC(OC(=O)CCC)P(=O)(O)OC(CCCCNC(=O)OCc1ccccc1)C(=O)OC(=O)[C@@H]1CCCN1. The number of ether oxygens (including phenoxy) is 3. The molecule has 1 aromatic rings.